The molecule has 2 aromatic rings. The molecule has 1 aliphatic rings. The predicted octanol–water partition coefficient (Wildman–Crippen LogP) is 1.28. The van der Waals surface area contributed by atoms with Gasteiger partial charge in [-0.05, 0) is 25.0 Å². The van der Waals surface area contributed by atoms with Crippen LogP contribution in [0.3, 0.4) is 0 Å². The lowest BCUT2D eigenvalue weighted by Crippen LogP contribution is -2.41. The van der Waals surface area contributed by atoms with E-state index in [9.17, 15) is 14.4 Å². The van der Waals surface area contributed by atoms with E-state index in [1.54, 1.807) is 18.2 Å². The van der Waals surface area contributed by atoms with Crippen LogP contribution >= 0.6 is 0 Å². The van der Waals surface area contributed by atoms with E-state index in [0.29, 0.717) is 37.0 Å². The standard InChI is InChI=1S/C17H20N4O6/c1-26-13(22)9-18-15(23)11-3-2-4-12-14(11)20-16(27-12)19-10-5-7-21(8-6-10)17(24)25/h2-4,10H,5-9H2,1H3,(H,18,23)(H,19,20)(H,24,25). The van der Waals surface area contributed by atoms with Crippen LogP contribution in [-0.4, -0.2) is 65.7 Å². The Balaban J connectivity index is 1.69. The van der Waals surface area contributed by atoms with E-state index < -0.39 is 18.0 Å². The minimum Gasteiger partial charge on any atom is -0.468 e. The van der Waals surface area contributed by atoms with Crippen LogP contribution in [0.25, 0.3) is 11.1 Å². The average molecular weight is 376 g/mol. The molecule has 0 unspecified atom stereocenters. The third-order valence-electron chi connectivity index (χ3n) is 4.38. The predicted molar refractivity (Wildman–Crippen MR) is 94.6 cm³/mol. The van der Waals surface area contributed by atoms with Crippen LogP contribution < -0.4 is 10.6 Å². The van der Waals surface area contributed by atoms with E-state index in [-0.39, 0.29) is 24.2 Å². The lowest BCUT2D eigenvalue weighted by molar-refractivity contribution is -0.139. The number of aromatic nitrogens is 1. The molecule has 1 aromatic carbocycles. The number of hydrogen-bond donors (Lipinski definition) is 3. The highest BCUT2D eigenvalue weighted by atomic mass is 16.5. The largest absolute Gasteiger partial charge is 0.468 e. The monoisotopic (exact) mass is 376 g/mol. The molecule has 1 aromatic heterocycles. The molecule has 1 aliphatic heterocycles. The minimum absolute atomic E-state index is 0.0327. The summed E-state index contributed by atoms with van der Waals surface area (Å²) in [5, 5.41) is 14.6. The molecule has 10 nitrogen and oxygen atoms in total. The summed E-state index contributed by atoms with van der Waals surface area (Å²) in [6.45, 7) is 0.639. The fraction of sp³-hybridized carbons (Fsp3) is 0.412. The zero-order valence-electron chi connectivity index (χ0n) is 14.7. The molecule has 10 heteroatoms. The van der Waals surface area contributed by atoms with Gasteiger partial charge in [0.1, 0.15) is 12.1 Å². The maximum atomic E-state index is 12.3. The average Bonchev–Trinajstić information content (AvgIpc) is 3.08. The second-order valence-corrected chi connectivity index (χ2v) is 6.12. The Kier molecular flexibility index (Phi) is 5.43. The Labute approximate surface area is 154 Å². The van der Waals surface area contributed by atoms with Crippen molar-refractivity contribution >= 4 is 35.1 Å². The molecule has 0 radical (unpaired) electrons. The van der Waals surface area contributed by atoms with Gasteiger partial charge in [-0.25, -0.2) is 4.79 Å². The Hall–Kier alpha value is -3.30. The number of benzene rings is 1. The van der Waals surface area contributed by atoms with E-state index in [1.165, 1.54) is 12.0 Å². The lowest BCUT2D eigenvalue weighted by atomic mass is 10.1. The Morgan fingerprint density at radius 1 is 1.33 bits per heavy atom. The molecular formula is C17H20N4O6. The molecular weight excluding hydrogens is 356 g/mol. The number of carbonyl (C=O) groups excluding carboxylic acids is 2. The number of ether oxygens (including phenoxy) is 1. The molecule has 1 saturated heterocycles. The van der Waals surface area contributed by atoms with Crippen molar-refractivity contribution < 1.29 is 28.6 Å². The van der Waals surface area contributed by atoms with Crippen molar-refractivity contribution in [2.45, 2.75) is 18.9 Å². The Morgan fingerprint density at radius 2 is 2.07 bits per heavy atom. The van der Waals surface area contributed by atoms with Crippen LogP contribution in [-0.2, 0) is 9.53 Å². The van der Waals surface area contributed by atoms with E-state index >= 15 is 0 Å². The quantitative estimate of drug-likeness (QED) is 0.665. The van der Waals surface area contributed by atoms with Gasteiger partial charge in [-0.3, -0.25) is 9.59 Å². The summed E-state index contributed by atoms with van der Waals surface area (Å²) in [4.78, 5) is 40.2. The number of amides is 2. The van der Waals surface area contributed by atoms with E-state index in [0.717, 1.165) is 0 Å². The van der Waals surface area contributed by atoms with Crippen LogP contribution in [0.2, 0.25) is 0 Å². The third-order valence-corrected chi connectivity index (χ3v) is 4.38. The molecule has 1 fully saturated rings. The van der Waals surface area contributed by atoms with Gasteiger partial charge in [-0.1, -0.05) is 6.07 Å². The van der Waals surface area contributed by atoms with Crippen LogP contribution in [0, 0.1) is 0 Å². The molecule has 2 amide bonds. The number of nitrogens with zero attached hydrogens (tertiary/aromatic N) is 2. The van der Waals surface area contributed by atoms with Crippen molar-refractivity contribution in [2.24, 2.45) is 0 Å². The molecule has 0 aliphatic carbocycles. The van der Waals surface area contributed by atoms with Crippen LogP contribution in [0.4, 0.5) is 10.8 Å². The number of rotatable bonds is 5. The fourth-order valence-corrected chi connectivity index (χ4v) is 2.90. The summed E-state index contributed by atoms with van der Waals surface area (Å²) >= 11 is 0. The van der Waals surface area contributed by atoms with Gasteiger partial charge in [0.25, 0.3) is 11.9 Å². The fourth-order valence-electron chi connectivity index (χ4n) is 2.90. The molecule has 0 atom stereocenters. The van der Waals surface area contributed by atoms with E-state index in [1.807, 2.05) is 0 Å². The second-order valence-electron chi connectivity index (χ2n) is 6.12. The molecule has 27 heavy (non-hydrogen) atoms. The number of carboxylic acid groups (broad SMARTS) is 1. The van der Waals surface area contributed by atoms with Crippen molar-refractivity contribution in [3.05, 3.63) is 23.8 Å². The summed E-state index contributed by atoms with van der Waals surface area (Å²) in [6, 6.07) is 5.25. The van der Waals surface area contributed by atoms with Gasteiger partial charge in [-0.15, -0.1) is 0 Å². The normalized spacial score (nSPS) is 14.8. The van der Waals surface area contributed by atoms with Gasteiger partial charge in [0.15, 0.2) is 5.58 Å². The van der Waals surface area contributed by atoms with Crippen molar-refractivity contribution in [3.63, 3.8) is 0 Å². The van der Waals surface area contributed by atoms with Gasteiger partial charge in [-0.2, -0.15) is 4.98 Å². The molecule has 0 bridgehead atoms. The number of methoxy groups -OCH3 is 1. The number of piperidine rings is 1. The number of anilines is 1. The first-order chi connectivity index (χ1) is 13.0. The van der Waals surface area contributed by atoms with Crippen LogP contribution in [0.15, 0.2) is 22.6 Å². The first-order valence-electron chi connectivity index (χ1n) is 8.47. The number of hydrogen-bond acceptors (Lipinski definition) is 7. The molecule has 144 valence electrons. The number of fused-ring (bicyclic) bond motifs is 1. The highest BCUT2D eigenvalue weighted by Gasteiger charge is 2.24. The van der Waals surface area contributed by atoms with E-state index in [2.05, 4.69) is 20.4 Å². The summed E-state index contributed by atoms with van der Waals surface area (Å²) < 4.78 is 10.2. The zero-order valence-corrected chi connectivity index (χ0v) is 14.7. The number of carbonyl (C=O) groups is 3. The van der Waals surface area contributed by atoms with Crippen molar-refractivity contribution in [1.82, 2.24) is 15.2 Å². The summed E-state index contributed by atoms with van der Waals surface area (Å²) in [6.07, 6.45) is 0.354. The highest BCUT2D eigenvalue weighted by molar-refractivity contribution is 6.05. The van der Waals surface area contributed by atoms with Crippen molar-refractivity contribution in [3.8, 4) is 0 Å². The minimum atomic E-state index is -0.919. The Morgan fingerprint density at radius 3 is 2.74 bits per heavy atom. The van der Waals surface area contributed by atoms with Gasteiger partial charge in [0, 0.05) is 19.1 Å². The van der Waals surface area contributed by atoms with Crippen LogP contribution in [0.5, 0.6) is 0 Å². The van der Waals surface area contributed by atoms with Crippen LogP contribution in [0.1, 0.15) is 23.2 Å². The summed E-state index contributed by atoms with van der Waals surface area (Å²) in [7, 11) is 1.24. The smallest absolute Gasteiger partial charge is 0.407 e. The first-order valence-corrected chi connectivity index (χ1v) is 8.47. The highest BCUT2D eigenvalue weighted by Crippen LogP contribution is 2.24. The number of nitrogens with one attached hydrogen (secondary N) is 2. The van der Waals surface area contributed by atoms with Crippen molar-refractivity contribution in [1.29, 1.82) is 0 Å². The summed E-state index contributed by atoms with van der Waals surface area (Å²) in [5.41, 5.74) is 1.10. The number of esters is 1. The molecule has 3 rings (SSSR count). The van der Waals surface area contributed by atoms with E-state index in [4.69, 9.17) is 9.52 Å². The molecule has 0 saturated carbocycles. The van der Waals surface area contributed by atoms with Gasteiger partial charge in [0.2, 0.25) is 0 Å². The summed E-state index contributed by atoms with van der Waals surface area (Å²) in [5.74, 6) is -1.01. The number of oxazole rings is 1. The number of likely N-dealkylation sites (tertiary alicyclic amines) is 1. The van der Waals surface area contributed by atoms with Gasteiger partial charge >= 0.3 is 12.1 Å². The Bertz CT molecular complexity index is 856. The number of para-hydroxylation sites is 1. The topological polar surface area (TPSA) is 134 Å². The first kappa shape index (κ1) is 18.5. The third kappa shape index (κ3) is 4.27. The van der Waals surface area contributed by atoms with Gasteiger partial charge in [0.05, 0.1) is 12.7 Å². The maximum Gasteiger partial charge on any atom is 0.407 e. The molecule has 0 spiro atoms. The molecule has 3 N–H and O–H groups in total. The second kappa shape index (κ2) is 7.94. The SMILES string of the molecule is COC(=O)CNC(=O)c1cccc2oc(NC3CCN(C(=O)O)CC3)nc12. The van der Waals surface area contributed by atoms with Crippen molar-refractivity contribution in [2.75, 3.05) is 32.1 Å². The zero-order chi connectivity index (χ0) is 19.4. The maximum absolute atomic E-state index is 12.3. The van der Waals surface area contributed by atoms with Gasteiger partial charge < -0.3 is 29.8 Å². The lowest BCUT2D eigenvalue weighted by Gasteiger charge is -2.29. The molecule has 2 heterocycles.